The van der Waals surface area contributed by atoms with Gasteiger partial charge in [-0.15, -0.1) is 0 Å². The highest BCUT2D eigenvalue weighted by atomic mass is 19.2. The summed E-state index contributed by atoms with van der Waals surface area (Å²) in [5.74, 6) is -6.67. The van der Waals surface area contributed by atoms with Gasteiger partial charge in [0, 0.05) is 36.1 Å². The first-order chi connectivity index (χ1) is 21.6. The molecule has 45 heavy (non-hydrogen) atoms. The average molecular weight is 625 g/mol. The van der Waals surface area contributed by atoms with Crippen molar-refractivity contribution < 1.29 is 41.0 Å². The summed E-state index contributed by atoms with van der Waals surface area (Å²) in [6.45, 7) is 1.96. The SMILES string of the molecule is Cc1ccc(-c2ccc(OC(=O)CCCCCCCCCC(=O)Oc3ccc(-c4cc(F)c(F)c(F)c4)c(F)c3)cc2F)cc1. The summed E-state index contributed by atoms with van der Waals surface area (Å²) < 4.78 is 79.7. The number of benzene rings is 4. The Morgan fingerprint density at radius 3 is 1.38 bits per heavy atom. The van der Waals surface area contributed by atoms with Gasteiger partial charge in [0.25, 0.3) is 0 Å². The monoisotopic (exact) mass is 624 g/mol. The average Bonchev–Trinajstić information content (AvgIpc) is 2.99. The van der Waals surface area contributed by atoms with E-state index in [1.807, 2.05) is 31.2 Å². The number of hydrogen-bond acceptors (Lipinski definition) is 4. The van der Waals surface area contributed by atoms with E-state index in [4.69, 9.17) is 9.47 Å². The molecule has 0 saturated carbocycles. The molecule has 0 fully saturated rings. The lowest BCUT2D eigenvalue weighted by Gasteiger charge is -2.09. The number of carbonyl (C=O) groups is 2. The van der Waals surface area contributed by atoms with Crippen LogP contribution in [-0.4, -0.2) is 11.9 Å². The van der Waals surface area contributed by atoms with Crippen LogP contribution in [-0.2, 0) is 9.59 Å². The molecule has 0 bridgehead atoms. The number of esters is 2. The van der Waals surface area contributed by atoms with Crippen molar-refractivity contribution >= 4 is 11.9 Å². The second kappa shape index (κ2) is 16.0. The fourth-order valence-electron chi connectivity index (χ4n) is 4.82. The molecule has 0 N–H and O–H groups in total. The van der Waals surface area contributed by atoms with Crippen LogP contribution in [0.2, 0.25) is 0 Å². The second-order valence-corrected chi connectivity index (χ2v) is 10.8. The molecule has 0 heterocycles. The molecule has 0 aromatic heterocycles. The molecule has 0 saturated heterocycles. The smallest absolute Gasteiger partial charge is 0.311 e. The van der Waals surface area contributed by atoms with Crippen LogP contribution in [0.25, 0.3) is 22.3 Å². The van der Waals surface area contributed by atoms with E-state index < -0.39 is 41.0 Å². The third kappa shape index (κ3) is 9.73. The maximum Gasteiger partial charge on any atom is 0.311 e. The van der Waals surface area contributed by atoms with Crippen molar-refractivity contribution in [1.82, 2.24) is 0 Å². The van der Waals surface area contributed by atoms with E-state index in [9.17, 15) is 31.5 Å². The molecule has 0 aliphatic heterocycles. The molecular weight excluding hydrogens is 591 g/mol. The fourth-order valence-corrected chi connectivity index (χ4v) is 4.82. The molecule has 4 aromatic rings. The number of unbranched alkanes of at least 4 members (excludes halogenated alkanes) is 6. The molecule has 0 aliphatic carbocycles. The molecule has 0 atom stereocenters. The van der Waals surface area contributed by atoms with E-state index in [0.717, 1.165) is 49.3 Å². The Morgan fingerprint density at radius 1 is 0.511 bits per heavy atom. The summed E-state index contributed by atoms with van der Waals surface area (Å²) in [4.78, 5) is 24.3. The maximum atomic E-state index is 14.6. The molecule has 0 amide bonds. The summed E-state index contributed by atoms with van der Waals surface area (Å²) in [6, 6.07) is 16.7. The molecule has 0 unspecified atom stereocenters. The topological polar surface area (TPSA) is 52.6 Å². The Hall–Kier alpha value is -4.53. The van der Waals surface area contributed by atoms with Crippen molar-refractivity contribution in [2.45, 2.75) is 64.7 Å². The number of aryl methyl sites for hydroxylation is 1. The van der Waals surface area contributed by atoms with Crippen LogP contribution in [0.5, 0.6) is 11.5 Å². The summed E-state index contributed by atoms with van der Waals surface area (Å²) in [5, 5.41) is 0. The first kappa shape index (κ1) is 33.4. The van der Waals surface area contributed by atoms with E-state index in [1.165, 1.54) is 18.2 Å². The Bertz CT molecular complexity index is 1610. The first-order valence-corrected chi connectivity index (χ1v) is 14.8. The molecule has 4 nitrogen and oxygen atoms in total. The molecule has 236 valence electrons. The lowest BCUT2D eigenvalue weighted by atomic mass is 10.0. The van der Waals surface area contributed by atoms with Gasteiger partial charge in [0.15, 0.2) is 17.5 Å². The van der Waals surface area contributed by atoms with Crippen molar-refractivity contribution in [3.8, 4) is 33.8 Å². The number of rotatable bonds is 14. The van der Waals surface area contributed by atoms with E-state index in [2.05, 4.69) is 0 Å². The largest absolute Gasteiger partial charge is 0.426 e. The molecule has 0 spiro atoms. The third-order valence-electron chi connectivity index (χ3n) is 7.26. The zero-order valence-corrected chi connectivity index (χ0v) is 24.8. The van der Waals surface area contributed by atoms with Crippen molar-refractivity contribution in [3.63, 3.8) is 0 Å². The standard InChI is InChI=1S/C36H33F5O4/c1-23-11-13-24(14-12-23)28-17-15-26(21-30(28)37)44-34(42)9-7-5-3-2-4-6-8-10-35(43)45-27-16-18-29(31(38)22-27)25-19-32(39)36(41)33(40)20-25/h11-22H,2-10H2,1H3. The minimum atomic E-state index is -1.64. The molecule has 9 heteroatoms. The molecular formula is C36H33F5O4. The summed E-state index contributed by atoms with van der Waals surface area (Å²) in [6.07, 6.45) is 5.93. The van der Waals surface area contributed by atoms with Gasteiger partial charge < -0.3 is 9.47 Å². The highest BCUT2D eigenvalue weighted by Crippen LogP contribution is 2.29. The van der Waals surface area contributed by atoms with Crippen LogP contribution < -0.4 is 9.47 Å². The van der Waals surface area contributed by atoms with Crippen LogP contribution in [0, 0.1) is 36.0 Å². The Balaban J connectivity index is 1.07. The maximum absolute atomic E-state index is 14.6. The van der Waals surface area contributed by atoms with Gasteiger partial charge in [-0.1, -0.05) is 61.9 Å². The minimum absolute atomic E-state index is 0.0489. The molecule has 4 rings (SSSR count). The lowest BCUT2D eigenvalue weighted by Crippen LogP contribution is -2.08. The van der Waals surface area contributed by atoms with E-state index in [-0.39, 0.29) is 35.5 Å². The van der Waals surface area contributed by atoms with Crippen LogP contribution in [0.4, 0.5) is 22.0 Å². The van der Waals surface area contributed by atoms with Crippen LogP contribution in [0.15, 0.2) is 72.8 Å². The van der Waals surface area contributed by atoms with Gasteiger partial charge in [-0.2, -0.15) is 0 Å². The van der Waals surface area contributed by atoms with Crippen molar-refractivity contribution in [2.24, 2.45) is 0 Å². The summed E-state index contributed by atoms with van der Waals surface area (Å²) in [7, 11) is 0. The Morgan fingerprint density at radius 2 is 0.933 bits per heavy atom. The van der Waals surface area contributed by atoms with Crippen LogP contribution in [0.3, 0.4) is 0 Å². The van der Waals surface area contributed by atoms with Crippen molar-refractivity contribution in [2.75, 3.05) is 0 Å². The van der Waals surface area contributed by atoms with E-state index in [0.29, 0.717) is 30.5 Å². The quantitative estimate of drug-likeness (QED) is 0.0461. The van der Waals surface area contributed by atoms with Crippen molar-refractivity contribution in [3.05, 3.63) is 107 Å². The molecule has 4 aromatic carbocycles. The third-order valence-corrected chi connectivity index (χ3v) is 7.26. The predicted octanol–water partition coefficient (Wildman–Crippen LogP) is 10.0. The van der Waals surface area contributed by atoms with Crippen LogP contribution >= 0.6 is 0 Å². The zero-order valence-electron chi connectivity index (χ0n) is 24.8. The van der Waals surface area contributed by atoms with Gasteiger partial charge in [0.2, 0.25) is 0 Å². The first-order valence-electron chi connectivity index (χ1n) is 14.8. The van der Waals surface area contributed by atoms with Gasteiger partial charge in [-0.3, -0.25) is 9.59 Å². The normalized spacial score (nSPS) is 11.0. The minimum Gasteiger partial charge on any atom is -0.426 e. The highest BCUT2D eigenvalue weighted by Gasteiger charge is 2.16. The van der Waals surface area contributed by atoms with Gasteiger partial charge >= 0.3 is 11.9 Å². The molecule has 0 radical (unpaired) electrons. The Labute approximate surface area is 258 Å². The van der Waals surface area contributed by atoms with Gasteiger partial charge in [-0.05, 0) is 67.3 Å². The Kier molecular flexibility index (Phi) is 11.8. The predicted molar refractivity (Wildman–Crippen MR) is 161 cm³/mol. The number of hydrogen-bond donors (Lipinski definition) is 0. The highest BCUT2D eigenvalue weighted by molar-refractivity contribution is 5.74. The van der Waals surface area contributed by atoms with Gasteiger partial charge in [0.1, 0.15) is 23.1 Å². The summed E-state index contributed by atoms with van der Waals surface area (Å²) >= 11 is 0. The molecule has 0 aliphatic rings. The number of halogens is 5. The lowest BCUT2D eigenvalue weighted by molar-refractivity contribution is -0.135. The van der Waals surface area contributed by atoms with Crippen molar-refractivity contribution in [1.29, 1.82) is 0 Å². The fraction of sp³-hybridized carbons (Fsp3) is 0.278. The summed E-state index contributed by atoms with van der Waals surface area (Å²) in [5.41, 5.74) is 1.92. The van der Waals surface area contributed by atoms with Gasteiger partial charge in [-0.25, -0.2) is 22.0 Å². The van der Waals surface area contributed by atoms with Crippen LogP contribution in [0.1, 0.15) is 63.4 Å². The zero-order chi connectivity index (χ0) is 32.3. The second-order valence-electron chi connectivity index (χ2n) is 10.8. The van der Waals surface area contributed by atoms with Gasteiger partial charge in [0.05, 0.1) is 0 Å². The van der Waals surface area contributed by atoms with E-state index >= 15 is 0 Å². The number of ether oxygens (including phenoxy) is 2. The number of carbonyl (C=O) groups excluding carboxylic acids is 2. The van der Waals surface area contributed by atoms with E-state index in [1.54, 1.807) is 12.1 Å².